The summed E-state index contributed by atoms with van der Waals surface area (Å²) in [5.74, 6) is 0.414. The monoisotopic (exact) mass is 269 g/mol. The topological polar surface area (TPSA) is 63.6 Å². The van der Waals surface area contributed by atoms with Gasteiger partial charge in [0.05, 0.1) is 18.4 Å². The molecule has 0 unspecified atom stereocenters. The van der Waals surface area contributed by atoms with Crippen molar-refractivity contribution in [2.75, 3.05) is 7.11 Å². The Labute approximate surface area is 117 Å². The molecule has 0 atom stereocenters. The van der Waals surface area contributed by atoms with Crippen molar-refractivity contribution < 1.29 is 9.53 Å². The zero-order valence-electron chi connectivity index (χ0n) is 11.3. The minimum Gasteiger partial charge on any atom is -0.496 e. The van der Waals surface area contributed by atoms with Gasteiger partial charge >= 0.3 is 0 Å². The molecule has 2 aromatic rings. The quantitative estimate of drug-likeness (QED) is 0.684. The number of rotatable bonds is 4. The molecule has 102 valence electrons. The fraction of sp³-hybridized carbons (Fsp3) is 0.133. The fourth-order valence-electron chi connectivity index (χ4n) is 1.70. The molecule has 0 aliphatic rings. The van der Waals surface area contributed by atoms with Gasteiger partial charge in [0, 0.05) is 18.0 Å². The van der Waals surface area contributed by atoms with Crippen molar-refractivity contribution in [2.45, 2.75) is 6.92 Å². The van der Waals surface area contributed by atoms with Crippen molar-refractivity contribution in [3.8, 4) is 5.75 Å². The summed E-state index contributed by atoms with van der Waals surface area (Å²) in [6, 6.07) is 10.9. The van der Waals surface area contributed by atoms with Crippen LogP contribution in [0.5, 0.6) is 5.75 Å². The lowest BCUT2D eigenvalue weighted by molar-refractivity contribution is 0.0954. The molecule has 0 radical (unpaired) electrons. The van der Waals surface area contributed by atoms with E-state index in [-0.39, 0.29) is 5.91 Å². The van der Waals surface area contributed by atoms with Crippen LogP contribution in [0, 0.1) is 0 Å². The van der Waals surface area contributed by atoms with Gasteiger partial charge in [-0.3, -0.25) is 9.78 Å². The van der Waals surface area contributed by atoms with E-state index in [4.69, 9.17) is 4.74 Å². The normalized spacial score (nSPS) is 11.0. The maximum absolute atomic E-state index is 11.8. The zero-order chi connectivity index (χ0) is 14.4. The van der Waals surface area contributed by atoms with Gasteiger partial charge in [-0.15, -0.1) is 0 Å². The van der Waals surface area contributed by atoms with Crippen LogP contribution >= 0.6 is 0 Å². The molecule has 1 aromatic heterocycles. The Bertz CT molecular complexity index is 624. The summed E-state index contributed by atoms with van der Waals surface area (Å²) in [4.78, 5) is 15.7. The molecule has 0 fully saturated rings. The van der Waals surface area contributed by atoms with Crippen LogP contribution in [0.3, 0.4) is 0 Å². The number of pyridine rings is 1. The largest absolute Gasteiger partial charge is 0.496 e. The van der Waals surface area contributed by atoms with Crippen LogP contribution in [-0.2, 0) is 0 Å². The number of carbonyl (C=O) groups is 1. The van der Waals surface area contributed by atoms with Gasteiger partial charge in [0.15, 0.2) is 0 Å². The maximum Gasteiger partial charge on any atom is 0.272 e. The fourth-order valence-corrected chi connectivity index (χ4v) is 1.70. The van der Waals surface area contributed by atoms with E-state index in [0.717, 1.165) is 5.56 Å². The van der Waals surface area contributed by atoms with Gasteiger partial charge in [-0.05, 0) is 31.2 Å². The smallest absolute Gasteiger partial charge is 0.272 e. The number of hydrogen-bond acceptors (Lipinski definition) is 4. The maximum atomic E-state index is 11.8. The van der Waals surface area contributed by atoms with Crippen LogP contribution in [0.4, 0.5) is 0 Å². The first-order chi connectivity index (χ1) is 9.72. The lowest BCUT2D eigenvalue weighted by Crippen LogP contribution is -2.19. The molecule has 2 rings (SSSR count). The Morgan fingerprint density at radius 2 is 2.05 bits per heavy atom. The number of carbonyl (C=O) groups excluding carboxylic acids is 1. The van der Waals surface area contributed by atoms with E-state index in [2.05, 4.69) is 15.5 Å². The predicted octanol–water partition coefficient (Wildman–Crippen LogP) is 2.24. The molecule has 1 amide bonds. The number of para-hydroxylation sites is 1. The van der Waals surface area contributed by atoms with Crippen LogP contribution in [0.25, 0.3) is 0 Å². The summed E-state index contributed by atoms with van der Waals surface area (Å²) < 4.78 is 5.25. The van der Waals surface area contributed by atoms with E-state index >= 15 is 0 Å². The lowest BCUT2D eigenvalue weighted by Gasteiger charge is -2.07. The molecule has 5 heteroatoms. The lowest BCUT2D eigenvalue weighted by atomic mass is 10.1. The van der Waals surface area contributed by atoms with Crippen LogP contribution in [-0.4, -0.2) is 23.7 Å². The van der Waals surface area contributed by atoms with Gasteiger partial charge in [-0.1, -0.05) is 12.1 Å². The number of aromatic nitrogens is 1. The van der Waals surface area contributed by atoms with Crippen molar-refractivity contribution >= 4 is 11.6 Å². The molecule has 1 heterocycles. The zero-order valence-corrected chi connectivity index (χ0v) is 11.3. The second-order valence-electron chi connectivity index (χ2n) is 4.08. The third-order valence-electron chi connectivity index (χ3n) is 2.75. The van der Waals surface area contributed by atoms with Crippen molar-refractivity contribution in [1.82, 2.24) is 10.4 Å². The third-order valence-corrected chi connectivity index (χ3v) is 2.75. The summed E-state index contributed by atoms with van der Waals surface area (Å²) in [5, 5.41) is 4.09. The average Bonchev–Trinajstić information content (AvgIpc) is 2.53. The molecule has 1 aromatic carbocycles. The molecule has 0 saturated carbocycles. The van der Waals surface area contributed by atoms with Crippen molar-refractivity contribution in [3.63, 3.8) is 0 Å². The molecule has 0 aliphatic carbocycles. The predicted molar refractivity (Wildman–Crippen MR) is 76.9 cm³/mol. The van der Waals surface area contributed by atoms with Crippen molar-refractivity contribution in [3.05, 3.63) is 59.9 Å². The highest BCUT2D eigenvalue weighted by Crippen LogP contribution is 2.17. The number of nitrogens with one attached hydrogen (secondary N) is 1. The van der Waals surface area contributed by atoms with Crippen LogP contribution in [0.15, 0.2) is 53.9 Å². The van der Waals surface area contributed by atoms with E-state index in [1.54, 1.807) is 32.4 Å². The number of hydrazone groups is 1. The molecule has 0 spiro atoms. The first-order valence-corrected chi connectivity index (χ1v) is 6.10. The summed E-state index contributed by atoms with van der Waals surface area (Å²) in [5.41, 5.74) is 4.47. The highest BCUT2D eigenvalue weighted by molar-refractivity contribution is 6.02. The summed E-state index contributed by atoms with van der Waals surface area (Å²) in [7, 11) is 1.60. The Balaban J connectivity index is 2.13. The molecule has 5 nitrogen and oxygen atoms in total. The molecule has 20 heavy (non-hydrogen) atoms. The third kappa shape index (κ3) is 3.20. The highest BCUT2D eigenvalue weighted by Gasteiger charge is 2.07. The molecule has 0 bridgehead atoms. The van der Waals surface area contributed by atoms with Gasteiger partial charge in [-0.25, -0.2) is 5.43 Å². The van der Waals surface area contributed by atoms with E-state index in [9.17, 15) is 4.79 Å². The van der Waals surface area contributed by atoms with Gasteiger partial charge in [0.25, 0.3) is 5.91 Å². The number of benzene rings is 1. The number of hydrogen-bond donors (Lipinski definition) is 1. The highest BCUT2D eigenvalue weighted by atomic mass is 16.5. The van der Waals surface area contributed by atoms with Gasteiger partial charge in [0.1, 0.15) is 5.75 Å². The minimum absolute atomic E-state index is 0.299. The molecule has 1 N–H and O–H groups in total. The summed E-state index contributed by atoms with van der Waals surface area (Å²) in [6.07, 6.45) is 3.10. The molecule has 0 saturated heterocycles. The number of methoxy groups -OCH3 is 1. The Kier molecular flexibility index (Phi) is 4.44. The van der Waals surface area contributed by atoms with Gasteiger partial charge in [-0.2, -0.15) is 5.10 Å². The number of amides is 1. The number of ether oxygens (including phenoxy) is 1. The SMILES string of the molecule is COc1ccccc1/C(C)=N\NC(=O)c1cccnc1. The van der Waals surface area contributed by atoms with Gasteiger partial charge < -0.3 is 4.74 Å². The van der Waals surface area contributed by atoms with Crippen LogP contribution in [0.1, 0.15) is 22.8 Å². The standard InChI is InChI=1S/C15H15N3O2/c1-11(13-7-3-4-8-14(13)20-2)17-18-15(19)12-6-5-9-16-10-12/h3-10H,1-2H3,(H,18,19)/b17-11-. The number of nitrogens with zero attached hydrogens (tertiary/aromatic N) is 2. The summed E-state index contributed by atoms with van der Waals surface area (Å²) in [6.45, 7) is 1.81. The van der Waals surface area contributed by atoms with E-state index in [1.807, 2.05) is 24.3 Å². The van der Waals surface area contributed by atoms with Crippen LogP contribution in [0.2, 0.25) is 0 Å². The van der Waals surface area contributed by atoms with Crippen molar-refractivity contribution in [1.29, 1.82) is 0 Å². The Morgan fingerprint density at radius 1 is 1.25 bits per heavy atom. The molecule has 0 aliphatic heterocycles. The first-order valence-electron chi connectivity index (χ1n) is 6.10. The second-order valence-corrected chi connectivity index (χ2v) is 4.08. The van der Waals surface area contributed by atoms with E-state index in [1.165, 1.54) is 6.20 Å². The van der Waals surface area contributed by atoms with Crippen LogP contribution < -0.4 is 10.2 Å². The van der Waals surface area contributed by atoms with E-state index < -0.39 is 0 Å². The van der Waals surface area contributed by atoms with Crippen molar-refractivity contribution in [2.24, 2.45) is 5.10 Å². The average molecular weight is 269 g/mol. The van der Waals surface area contributed by atoms with Gasteiger partial charge in [0.2, 0.25) is 0 Å². The summed E-state index contributed by atoms with van der Waals surface area (Å²) >= 11 is 0. The van der Waals surface area contributed by atoms with E-state index in [0.29, 0.717) is 17.0 Å². The Hall–Kier alpha value is -2.69. The Morgan fingerprint density at radius 3 is 2.75 bits per heavy atom. The molecular formula is C15H15N3O2. The minimum atomic E-state index is -0.299. The molecular weight excluding hydrogens is 254 g/mol. The first kappa shape index (κ1) is 13.7. The second kappa shape index (κ2) is 6.47.